The summed E-state index contributed by atoms with van der Waals surface area (Å²) in [5.41, 5.74) is 8.69. The van der Waals surface area contributed by atoms with E-state index in [1.807, 2.05) is 29.5 Å². The number of carbonyl (C=O) groups excluding carboxylic acids is 1. The van der Waals surface area contributed by atoms with Crippen molar-refractivity contribution < 1.29 is 9.21 Å². The lowest BCUT2D eigenvalue weighted by atomic mass is 10.0. The van der Waals surface area contributed by atoms with Gasteiger partial charge in [-0.3, -0.25) is 9.69 Å². The van der Waals surface area contributed by atoms with Gasteiger partial charge < -0.3 is 15.5 Å². The molecule has 1 unspecified atom stereocenters. The van der Waals surface area contributed by atoms with Gasteiger partial charge in [-0.15, -0.1) is 36.2 Å². The van der Waals surface area contributed by atoms with Crippen molar-refractivity contribution in [3.8, 4) is 0 Å². The Bertz CT molecular complexity index is 914. The second-order valence-electron chi connectivity index (χ2n) is 6.73. The highest BCUT2D eigenvalue weighted by molar-refractivity contribution is 7.10. The van der Waals surface area contributed by atoms with Crippen molar-refractivity contribution in [3.05, 3.63) is 81.4 Å². The fraction of sp³-hybridized carbons (Fsp3) is 0.286. The lowest BCUT2D eigenvalue weighted by molar-refractivity contribution is 0.0927. The number of fused-ring (bicyclic) bond motifs is 1. The zero-order valence-electron chi connectivity index (χ0n) is 15.9. The van der Waals surface area contributed by atoms with E-state index in [9.17, 15) is 4.79 Å². The van der Waals surface area contributed by atoms with E-state index in [1.54, 1.807) is 6.07 Å². The fourth-order valence-corrected chi connectivity index (χ4v) is 4.46. The Morgan fingerprint density at radius 2 is 2.03 bits per heavy atom. The maximum absolute atomic E-state index is 12.5. The maximum Gasteiger partial charge on any atom is 0.254 e. The molecule has 2 aromatic heterocycles. The third-order valence-corrected chi connectivity index (χ3v) is 6.06. The van der Waals surface area contributed by atoms with Crippen molar-refractivity contribution in [2.75, 3.05) is 13.1 Å². The highest BCUT2D eigenvalue weighted by Gasteiger charge is 2.26. The van der Waals surface area contributed by atoms with Crippen LogP contribution in [0.25, 0.3) is 0 Å². The van der Waals surface area contributed by atoms with Crippen LogP contribution in [0.2, 0.25) is 0 Å². The lowest BCUT2D eigenvalue weighted by Crippen LogP contribution is -2.40. The summed E-state index contributed by atoms with van der Waals surface area (Å²) in [6, 6.07) is 14.4. The van der Waals surface area contributed by atoms with Gasteiger partial charge in [0, 0.05) is 24.5 Å². The monoisotopic (exact) mass is 453 g/mol. The van der Waals surface area contributed by atoms with Gasteiger partial charge in [-0.25, -0.2) is 0 Å². The number of halogens is 2. The highest BCUT2D eigenvalue weighted by Crippen LogP contribution is 2.30. The van der Waals surface area contributed by atoms with Crippen molar-refractivity contribution in [2.45, 2.75) is 25.6 Å². The van der Waals surface area contributed by atoms with E-state index in [0.29, 0.717) is 17.9 Å². The van der Waals surface area contributed by atoms with E-state index in [1.165, 1.54) is 22.3 Å². The molecule has 1 aliphatic heterocycles. The molecule has 0 saturated carbocycles. The van der Waals surface area contributed by atoms with Gasteiger partial charge in [0.05, 0.1) is 18.2 Å². The van der Waals surface area contributed by atoms with E-state index >= 15 is 0 Å². The normalized spacial score (nSPS) is 14.2. The number of rotatable bonds is 6. The summed E-state index contributed by atoms with van der Waals surface area (Å²) in [5, 5.41) is 5.24. The second kappa shape index (κ2) is 10.8. The van der Waals surface area contributed by atoms with Gasteiger partial charge in [0.1, 0.15) is 12.0 Å². The number of amides is 1. The molecule has 1 aromatic carbocycles. The van der Waals surface area contributed by atoms with Crippen LogP contribution in [0.15, 0.2) is 58.5 Å². The van der Waals surface area contributed by atoms with Crippen molar-refractivity contribution in [2.24, 2.45) is 5.73 Å². The van der Waals surface area contributed by atoms with Crippen LogP contribution >= 0.6 is 36.2 Å². The fourth-order valence-electron chi connectivity index (χ4n) is 3.57. The minimum Gasteiger partial charge on any atom is -0.467 e. The van der Waals surface area contributed by atoms with Gasteiger partial charge in [-0.1, -0.05) is 30.3 Å². The molecule has 0 fully saturated rings. The molecule has 3 N–H and O–H groups in total. The van der Waals surface area contributed by atoms with Crippen LogP contribution in [-0.4, -0.2) is 23.9 Å². The Morgan fingerprint density at radius 1 is 1.24 bits per heavy atom. The second-order valence-corrected chi connectivity index (χ2v) is 7.73. The summed E-state index contributed by atoms with van der Waals surface area (Å²) in [4.78, 5) is 16.5. The summed E-state index contributed by atoms with van der Waals surface area (Å²) in [6.07, 6.45) is 2.53. The molecule has 0 aliphatic carbocycles. The molecule has 0 radical (unpaired) electrons. The quantitative estimate of drug-likeness (QED) is 0.587. The molecule has 0 saturated heterocycles. The topological polar surface area (TPSA) is 71.5 Å². The first kappa shape index (κ1) is 23.4. The number of furan rings is 1. The van der Waals surface area contributed by atoms with Crippen molar-refractivity contribution in [3.63, 3.8) is 0 Å². The standard InChI is InChI=1S/C21H23N3O2S.2ClH/c22-11-18-10-17(14-26-18)21(25)23-12-19(15-4-2-1-3-5-15)24-8-6-20-16(13-24)7-9-27-20;;/h1-5,7,9-10,14,19H,6,8,11-13,22H2,(H,23,25);2*1H. The number of benzene rings is 1. The van der Waals surface area contributed by atoms with Gasteiger partial charge in [-0.05, 0) is 35.1 Å². The Hall–Kier alpha value is -1.83. The average Bonchev–Trinajstić information content (AvgIpc) is 3.37. The molecular formula is C21H25Cl2N3O2S. The van der Waals surface area contributed by atoms with Gasteiger partial charge >= 0.3 is 0 Å². The highest BCUT2D eigenvalue weighted by atomic mass is 35.5. The molecule has 3 heterocycles. The molecule has 8 heteroatoms. The zero-order valence-corrected chi connectivity index (χ0v) is 18.3. The first-order valence-electron chi connectivity index (χ1n) is 9.14. The predicted molar refractivity (Wildman–Crippen MR) is 121 cm³/mol. The van der Waals surface area contributed by atoms with E-state index in [2.05, 4.69) is 33.8 Å². The molecule has 0 spiro atoms. The zero-order chi connectivity index (χ0) is 18.6. The number of hydrogen-bond donors (Lipinski definition) is 2. The van der Waals surface area contributed by atoms with Crippen LogP contribution in [0, 0.1) is 0 Å². The largest absolute Gasteiger partial charge is 0.467 e. The number of nitrogens with zero attached hydrogens (tertiary/aromatic N) is 1. The van der Waals surface area contributed by atoms with Crippen LogP contribution in [0.1, 0.15) is 38.2 Å². The van der Waals surface area contributed by atoms with Gasteiger partial charge in [0.25, 0.3) is 5.91 Å². The molecule has 156 valence electrons. The van der Waals surface area contributed by atoms with Crippen LogP contribution in [0.3, 0.4) is 0 Å². The average molecular weight is 454 g/mol. The summed E-state index contributed by atoms with van der Waals surface area (Å²) in [7, 11) is 0. The van der Waals surface area contributed by atoms with Crippen LogP contribution in [0.4, 0.5) is 0 Å². The van der Waals surface area contributed by atoms with Crippen LogP contribution in [-0.2, 0) is 19.5 Å². The third-order valence-electron chi connectivity index (χ3n) is 5.04. The molecule has 1 amide bonds. The van der Waals surface area contributed by atoms with Crippen LogP contribution in [0.5, 0.6) is 0 Å². The van der Waals surface area contributed by atoms with Crippen molar-refractivity contribution in [1.29, 1.82) is 0 Å². The Labute approximate surface area is 187 Å². The first-order chi connectivity index (χ1) is 13.2. The predicted octanol–water partition coefficient (Wildman–Crippen LogP) is 4.17. The number of nitrogens with one attached hydrogen (secondary N) is 1. The molecule has 3 aromatic rings. The Balaban J connectivity index is 0.00000150. The summed E-state index contributed by atoms with van der Waals surface area (Å²) < 4.78 is 5.28. The smallest absolute Gasteiger partial charge is 0.254 e. The minimum absolute atomic E-state index is 0. The summed E-state index contributed by atoms with van der Waals surface area (Å²) >= 11 is 1.84. The number of hydrogen-bond acceptors (Lipinski definition) is 5. The third kappa shape index (κ3) is 5.41. The van der Waals surface area contributed by atoms with Crippen molar-refractivity contribution >= 4 is 42.1 Å². The Kier molecular flexibility index (Phi) is 8.74. The summed E-state index contributed by atoms with van der Waals surface area (Å²) in [6.45, 7) is 2.74. The van der Waals surface area contributed by atoms with Crippen LogP contribution < -0.4 is 11.1 Å². The molecule has 5 nitrogen and oxygen atoms in total. The van der Waals surface area contributed by atoms with Gasteiger partial charge in [-0.2, -0.15) is 0 Å². The minimum atomic E-state index is -0.132. The maximum atomic E-state index is 12.5. The molecular weight excluding hydrogens is 429 g/mol. The SMILES string of the molecule is Cl.Cl.NCc1cc(C(=O)NCC(c2ccccc2)N2CCc3sccc3C2)co1. The number of thiophene rings is 1. The van der Waals surface area contributed by atoms with E-state index in [0.717, 1.165) is 19.5 Å². The Morgan fingerprint density at radius 3 is 2.76 bits per heavy atom. The van der Waals surface area contributed by atoms with Gasteiger partial charge in [0.15, 0.2) is 0 Å². The molecule has 0 bridgehead atoms. The molecule has 29 heavy (non-hydrogen) atoms. The summed E-state index contributed by atoms with van der Waals surface area (Å²) in [5.74, 6) is 0.480. The molecule has 1 atom stereocenters. The lowest BCUT2D eigenvalue weighted by Gasteiger charge is -2.35. The van der Waals surface area contributed by atoms with E-state index in [-0.39, 0.29) is 43.3 Å². The molecule has 1 aliphatic rings. The number of carbonyl (C=O) groups is 1. The first-order valence-corrected chi connectivity index (χ1v) is 10.0. The van der Waals surface area contributed by atoms with Crippen molar-refractivity contribution in [1.82, 2.24) is 10.2 Å². The van der Waals surface area contributed by atoms with E-state index < -0.39 is 0 Å². The van der Waals surface area contributed by atoms with Gasteiger partial charge in [0.2, 0.25) is 0 Å². The van der Waals surface area contributed by atoms with E-state index in [4.69, 9.17) is 10.2 Å². The number of nitrogens with two attached hydrogens (primary N) is 1. The molecule has 4 rings (SSSR count).